The quantitative estimate of drug-likeness (QED) is 0.574. The highest BCUT2D eigenvalue weighted by molar-refractivity contribution is 7.98. The third-order valence-electron chi connectivity index (χ3n) is 3.65. The number of ether oxygens (including phenoxy) is 1. The topological polar surface area (TPSA) is 50.4 Å². The minimum absolute atomic E-state index is 0.0157. The number of hydrogen-bond acceptors (Lipinski definition) is 4. The second-order valence-corrected chi connectivity index (χ2v) is 6.39. The SMILES string of the molecule is CCCNC1COCC1C(=O)NCCCCCCSC. The van der Waals surface area contributed by atoms with Gasteiger partial charge in [-0.3, -0.25) is 4.79 Å². The second kappa shape index (κ2) is 11.4. The van der Waals surface area contributed by atoms with Crippen molar-refractivity contribution in [3.8, 4) is 0 Å². The van der Waals surface area contributed by atoms with E-state index in [9.17, 15) is 4.79 Å². The molecule has 1 aliphatic rings. The van der Waals surface area contributed by atoms with Crippen LogP contribution in [0.15, 0.2) is 0 Å². The lowest BCUT2D eigenvalue weighted by Gasteiger charge is -2.18. The van der Waals surface area contributed by atoms with Crippen LogP contribution >= 0.6 is 11.8 Å². The Morgan fingerprint density at radius 2 is 2.00 bits per heavy atom. The van der Waals surface area contributed by atoms with Gasteiger partial charge < -0.3 is 15.4 Å². The van der Waals surface area contributed by atoms with Gasteiger partial charge in [-0.2, -0.15) is 11.8 Å². The molecule has 2 N–H and O–H groups in total. The fourth-order valence-corrected chi connectivity index (χ4v) is 2.90. The first-order valence-corrected chi connectivity index (χ1v) is 9.26. The van der Waals surface area contributed by atoms with Gasteiger partial charge in [-0.05, 0) is 37.8 Å². The van der Waals surface area contributed by atoms with E-state index in [4.69, 9.17) is 4.74 Å². The molecule has 1 aliphatic heterocycles. The van der Waals surface area contributed by atoms with E-state index in [1.54, 1.807) is 0 Å². The van der Waals surface area contributed by atoms with Gasteiger partial charge in [-0.15, -0.1) is 0 Å². The van der Waals surface area contributed by atoms with Crippen LogP contribution in [0.25, 0.3) is 0 Å². The van der Waals surface area contributed by atoms with E-state index < -0.39 is 0 Å². The first kappa shape index (κ1) is 17.8. The van der Waals surface area contributed by atoms with E-state index in [0.717, 1.165) is 25.9 Å². The molecule has 2 unspecified atom stereocenters. The van der Waals surface area contributed by atoms with Gasteiger partial charge in [0.2, 0.25) is 5.91 Å². The van der Waals surface area contributed by atoms with E-state index in [0.29, 0.717) is 13.2 Å². The Kier molecular flexibility index (Phi) is 10.1. The van der Waals surface area contributed by atoms with Crippen molar-refractivity contribution < 1.29 is 9.53 Å². The van der Waals surface area contributed by atoms with Crippen LogP contribution in [0.5, 0.6) is 0 Å². The average molecular weight is 302 g/mol. The van der Waals surface area contributed by atoms with E-state index in [1.165, 1.54) is 25.0 Å². The Morgan fingerprint density at radius 1 is 1.20 bits per heavy atom. The molecule has 20 heavy (non-hydrogen) atoms. The lowest BCUT2D eigenvalue weighted by Crippen LogP contribution is -2.44. The molecule has 1 rings (SSSR count). The Hall–Kier alpha value is -0.260. The van der Waals surface area contributed by atoms with Crippen molar-refractivity contribution in [1.82, 2.24) is 10.6 Å². The van der Waals surface area contributed by atoms with Crippen molar-refractivity contribution in [2.75, 3.05) is 38.3 Å². The van der Waals surface area contributed by atoms with Crippen LogP contribution in [-0.2, 0) is 9.53 Å². The number of carbonyl (C=O) groups is 1. The van der Waals surface area contributed by atoms with Crippen LogP contribution in [0.4, 0.5) is 0 Å². The number of carbonyl (C=O) groups excluding carboxylic acids is 1. The molecular weight excluding hydrogens is 272 g/mol. The minimum atomic E-state index is -0.0157. The van der Waals surface area contributed by atoms with Crippen LogP contribution in [0.3, 0.4) is 0 Å². The van der Waals surface area contributed by atoms with E-state index in [2.05, 4.69) is 23.8 Å². The third-order valence-corrected chi connectivity index (χ3v) is 4.35. The van der Waals surface area contributed by atoms with Gasteiger partial charge in [0.05, 0.1) is 19.1 Å². The van der Waals surface area contributed by atoms with Gasteiger partial charge in [-0.25, -0.2) is 0 Å². The number of hydrogen-bond donors (Lipinski definition) is 2. The van der Waals surface area contributed by atoms with Gasteiger partial charge in [0, 0.05) is 12.6 Å². The van der Waals surface area contributed by atoms with E-state index >= 15 is 0 Å². The zero-order valence-electron chi connectivity index (χ0n) is 13.0. The number of unbranched alkanes of at least 4 members (excludes halogenated alkanes) is 3. The number of rotatable bonds is 11. The van der Waals surface area contributed by atoms with Crippen molar-refractivity contribution in [2.24, 2.45) is 5.92 Å². The fourth-order valence-electron chi connectivity index (χ4n) is 2.41. The highest BCUT2D eigenvalue weighted by atomic mass is 32.2. The van der Waals surface area contributed by atoms with Gasteiger partial charge in [0.25, 0.3) is 0 Å². The van der Waals surface area contributed by atoms with Gasteiger partial charge in [0.1, 0.15) is 0 Å². The molecule has 1 amide bonds. The van der Waals surface area contributed by atoms with E-state index in [1.807, 2.05) is 11.8 Å². The first-order valence-electron chi connectivity index (χ1n) is 7.87. The minimum Gasteiger partial charge on any atom is -0.379 e. The molecule has 2 atom stereocenters. The monoisotopic (exact) mass is 302 g/mol. The Bertz CT molecular complexity index is 264. The predicted molar refractivity (Wildman–Crippen MR) is 86.3 cm³/mol. The first-order chi connectivity index (χ1) is 9.79. The Labute approximate surface area is 127 Å². The van der Waals surface area contributed by atoms with Gasteiger partial charge >= 0.3 is 0 Å². The maximum Gasteiger partial charge on any atom is 0.227 e. The van der Waals surface area contributed by atoms with Crippen molar-refractivity contribution >= 4 is 17.7 Å². The molecule has 118 valence electrons. The summed E-state index contributed by atoms with van der Waals surface area (Å²) in [6.45, 7) is 5.10. The number of nitrogens with one attached hydrogen (secondary N) is 2. The summed E-state index contributed by atoms with van der Waals surface area (Å²) in [5.74, 6) is 1.38. The smallest absolute Gasteiger partial charge is 0.227 e. The molecule has 0 aromatic heterocycles. The fraction of sp³-hybridized carbons (Fsp3) is 0.933. The summed E-state index contributed by atoms with van der Waals surface area (Å²) in [6, 6.07) is 0.191. The van der Waals surface area contributed by atoms with Crippen molar-refractivity contribution in [1.29, 1.82) is 0 Å². The van der Waals surface area contributed by atoms with Crippen LogP contribution in [0.1, 0.15) is 39.0 Å². The standard InChI is InChI=1S/C15H30N2O2S/c1-3-8-16-14-12-19-11-13(14)15(18)17-9-6-4-5-7-10-20-2/h13-14,16H,3-12H2,1-2H3,(H,17,18). The summed E-state index contributed by atoms with van der Waals surface area (Å²) in [4.78, 5) is 12.1. The number of thioether (sulfide) groups is 1. The summed E-state index contributed by atoms with van der Waals surface area (Å²) in [7, 11) is 0. The molecule has 4 nitrogen and oxygen atoms in total. The highest BCUT2D eigenvalue weighted by Gasteiger charge is 2.33. The largest absolute Gasteiger partial charge is 0.379 e. The summed E-state index contributed by atoms with van der Waals surface area (Å²) < 4.78 is 5.43. The summed E-state index contributed by atoms with van der Waals surface area (Å²) in [6.07, 6.45) is 8.08. The van der Waals surface area contributed by atoms with Crippen LogP contribution in [0, 0.1) is 5.92 Å². The molecule has 0 spiro atoms. The predicted octanol–water partition coefficient (Wildman–Crippen LogP) is 2.04. The average Bonchev–Trinajstić information content (AvgIpc) is 2.92. The molecule has 1 saturated heterocycles. The molecule has 1 fully saturated rings. The highest BCUT2D eigenvalue weighted by Crippen LogP contribution is 2.14. The zero-order valence-corrected chi connectivity index (χ0v) is 13.8. The molecule has 1 heterocycles. The van der Waals surface area contributed by atoms with Crippen molar-refractivity contribution in [3.05, 3.63) is 0 Å². The summed E-state index contributed by atoms with van der Waals surface area (Å²) >= 11 is 1.90. The second-order valence-electron chi connectivity index (χ2n) is 5.40. The molecule has 0 radical (unpaired) electrons. The zero-order chi connectivity index (χ0) is 14.6. The molecule has 0 aromatic carbocycles. The van der Waals surface area contributed by atoms with E-state index in [-0.39, 0.29) is 17.9 Å². The molecule has 0 aliphatic carbocycles. The van der Waals surface area contributed by atoms with Gasteiger partial charge in [0.15, 0.2) is 0 Å². The Balaban J connectivity index is 2.09. The summed E-state index contributed by atoms with van der Waals surface area (Å²) in [5.41, 5.74) is 0. The summed E-state index contributed by atoms with van der Waals surface area (Å²) in [5, 5.41) is 6.46. The molecular formula is C15H30N2O2S. The Morgan fingerprint density at radius 3 is 2.75 bits per heavy atom. The van der Waals surface area contributed by atoms with Crippen LogP contribution in [0.2, 0.25) is 0 Å². The third kappa shape index (κ3) is 6.95. The maximum absolute atomic E-state index is 12.1. The number of amides is 1. The molecule has 0 aromatic rings. The molecule has 0 bridgehead atoms. The van der Waals surface area contributed by atoms with Gasteiger partial charge in [-0.1, -0.05) is 19.8 Å². The van der Waals surface area contributed by atoms with Crippen LogP contribution < -0.4 is 10.6 Å². The lowest BCUT2D eigenvalue weighted by atomic mass is 10.0. The van der Waals surface area contributed by atoms with Crippen molar-refractivity contribution in [2.45, 2.75) is 45.1 Å². The normalized spacial score (nSPS) is 22.1. The molecule has 0 saturated carbocycles. The van der Waals surface area contributed by atoms with Crippen LogP contribution in [-0.4, -0.2) is 50.3 Å². The van der Waals surface area contributed by atoms with Crippen molar-refractivity contribution in [3.63, 3.8) is 0 Å². The lowest BCUT2D eigenvalue weighted by molar-refractivity contribution is -0.125. The molecule has 5 heteroatoms. The maximum atomic E-state index is 12.1.